The summed E-state index contributed by atoms with van der Waals surface area (Å²) in [7, 11) is 1.67. The number of ether oxygens (including phenoxy) is 2. The van der Waals surface area contributed by atoms with Gasteiger partial charge in [0.1, 0.15) is 11.5 Å². The Morgan fingerprint density at radius 1 is 1.22 bits per heavy atom. The minimum Gasteiger partial charge on any atom is -0.497 e. The highest BCUT2D eigenvalue weighted by molar-refractivity contribution is 5.40. The molecule has 0 amide bonds. The van der Waals surface area contributed by atoms with E-state index in [-0.39, 0.29) is 6.04 Å². The van der Waals surface area contributed by atoms with E-state index in [0.29, 0.717) is 5.92 Å². The minimum absolute atomic E-state index is 0.115. The van der Waals surface area contributed by atoms with Gasteiger partial charge in [-0.2, -0.15) is 0 Å². The van der Waals surface area contributed by atoms with Crippen molar-refractivity contribution in [3.05, 3.63) is 23.8 Å². The zero-order chi connectivity index (χ0) is 13.5. The van der Waals surface area contributed by atoms with E-state index < -0.39 is 0 Å². The van der Waals surface area contributed by atoms with Crippen molar-refractivity contribution in [3.8, 4) is 11.5 Å². The van der Waals surface area contributed by atoms with Gasteiger partial charge in [-0.3, -0.25) is 0 Å². The van der Waals surface area contributed by atoms with Crippen LogP contribution < -0.4 is 15.2 Å². The van der Waals surface area contributed by atoms with Crippen molar-refractivity contribution in [1.82, 2.24) is 0 Å². The summed E-state index contributed by atoms with van der Waals surface area (Å²) in [4.78, 5) is 0. The van der Waals surface area contributed by atoms with Crippen molar-refractivity contribution in [3.63, 3.8) is 0 Å². The fraction of sp³-hybridized carbons (Fsp3) is 0.600. The average Bonchev–Trinajstić information content (AvgIpc) is 2.29. The lowest BCUT2D eigenvalue weighted by atomic mass is 10.1. The number of nitrogens with two attached hydrogens (primary N) is 1. The molecule has 1 rings (SSSR count). The highest BCUT2D eigenvalue weighted by Crippen LogP contribution is 2.25. The van der Waals surface area contributed by atoms with Crippen LogP contribution in [0.5, 0.6) is 11.5 Å². The fourth-order valence-electron chi connectivity index (χ4n) is 1.73. The molecule has 18 heavy (non-hydrogen) atoms. The van der Waals surface area contributed by atoms with Gasteiger partial charge in [0.25, 0.3) is 0 Å². The van der Waals surface area contributed by atoms with Gasteiger partial charge in [0.2, 0.25) is 0 Å². The Morgan fingerprint density at radius 3 is 2.50 bits per heavy atom. The van der Waals surface area contributed by atoms with Gasteiger partial charge in [-0.25, -0.2) is 0 Å². The van der Waals surface area contributed by atoms with Crippen molar-refractivity contribution < 1.29 is 9.47 Å². The molecule has 0 aliphatic rings. The first kappa shape index (κ1) is 14.8. The lowest BCUT2D eigenvalue weighted by molar-refractivity contribution is 0.286. The molecule has 1 unspecified atom stereocenters. The van der Waals surface area contributed by atoms with Crippen LogP contribution in [-0.2, 0) is 6.42 Å². The second kappa shape index (κ2) is 7.27. The van der Waals surface area contributed by atoms with Crippen molar-refractivity contribution in [2.24, 2.45) is 11.7 Å². The van der Waals surface area contributed by atoms with Gasteiger partial charge < -0.3 is 15.2 Å². The van der Waals surface area contributed by atoms with E-state index in [2.05, 4.69) is 13.8 Å². The number of methoxy groups -OCH3 is 1. The van der Waals surface area contributed by atoms with Crippen LogP contribution in [0.15, 0.2) is 18.2 Å². The zero-order valence-electron chi connectivity index (χ0n) is 11.9. The van der Waals surface area contributed by atoms with Crippen molar-refractivity contribution in [1.29, 1.82) is 0 Å². The number of hydrogen-bond donors (Lipinski definition) is 1. The first-order chi connectivity index (χ1) is 8.52. The van der Waals surface area contributed by atoms with E-state index in [1.807, 2.05) is 25.1 Å². The van der Waals surface area contributed by atoms with Gasteiger partial charge in [-0.15, -0.1) is 0 Å². The maximum Gasteiger partial charge on any atom is 0.122 e. The summed E-state index contributed by atoms with van der Waals surface area (Å²) in [5.74, 6) is 2.43. The molecule has 1 aromatic rings. The Morgan fingerprint density at radius 2 is 1.94 bits per heavy atom. The van der Waals surface area contributed by atoms with Crippen molar-refractivity contribution in [2.45, 2.75) is 39.7 Å². The SMILES string of the molecule is COc1ccc(OCCC(C)C)c(CC(C)N)c1. The summed E-state index contributed by atoms with van der Waals surface area (Å²) in [5, 5.41) is 0. The standard InChI is InChI=1S/C15H25NO2/c1-11(2)7-8-18-15-6-5-14(17-4)10-13(15)9-12(3)16/h5-6,10-12H,7-9,16H2,1-4H3. The van der Waals surface area contributed by atoms with Gasteiger partial charge in [-0.05, 0) is 49.4 Å². The zero-order valence-corrected chi connectivity index (χ0v) is 11.9. The van der Waals surface area contributed by atoms with Crippen LogP contribution in [0.2, 0.25) is 0 Å². The molecule has 0 aromatic heterocycles. The molecule has 0 saturated carbocycles. The van der Waals surface area contributed by atoms with Crippen LogP contribution in [-0.4, -0.2) is 19.8 Å². The Kier molecular flexibility index (Phi) is 5.99. The maximum atomic E-state index is 5.87. The molecule has 0 aliphatic carbocycles. The number of benzene rings is 1. The number of hydrogen-bond acceptors (Lipinski definition) is 3. The molecule has 0 fully saturated rings. The van der Waals surface area contributed by atoms with Crippen LogP contribution in [0.25, 0.3) is 0 Å². The summed E-state index contributed by atoms with van der Waals surface area (Å²) in [6.07, 6.45) is 1.86. The summed E-state index contributed by atoms with van der Waals surface area (Å²) < 4.78 is 11.1. The van der Waals surface area contributed by atoms with Gasteiger partial charge in [0.05, 0.1) is 13.7 Å². The molecule has 2 N–H and O–H groups in total. The molecule has 1 atom stereocenters. The Balaban J connectivity index is 2.74. The third-order valence-electron chi connectivity index (χ3n) is 2.76. The van der Waals surface area contributed by atoms with Crippen LogP contribution >= 0.6 is 0 Å². The predicted molar refractivity (Wildman–Crippen MR) is 75.3 cm³/mol. The summed E-state index contributed by atoms with van der Waals surface area (Å²) in [6, 6.07) is 6.02. The molecule has 0 aliphatic heterocycles. The third kappa shape index (κ3) is 4.96. The van der Waals surface area contributed by atoms with E-state index >= 15 is 0 Å². The van der Waals surface area contributed by atoms with Crippen LogP contribution in [0.1, 0.15) is 32.8 Å². The van der Waals surface area contributed by atoms with Crippen LogP contribution in [0.4, 0.5) is 0 Å². The van der Waals surface area contributed by atoms with Crippen molar-refractivity contribution >= 4 is 0 Å². The maximum absolute atomic E-state index is 5.87. The van der Waals surface area contributed by atoms with Crippen molar-refractivity contribution in [2.75, 3.05) is 13.7 Å². The highest BCUT2D eigenvalue weighted by atomic mass is 16.5. The van der Waals surface area contributed by atoms with E-state index in [1.54, 1.807) is 7.11 Å². The number of rotatable bonds is 7. The molecule has 1 aromatic carbocycles. The third-order valence-corrected chi connectivity index (χ3v) is 2.76. The molecule has 0 radical (unpaired) electrons. The smallest absolute Gasteiger partial charge is 0.122 e. The van der Waals surface area contributed by atoms with Gasteiger partial charge in [0.15, 0.2) is 0 Å². The molecule has 0 bridgehead atoms. The fourth-order valence-corrected chi connectivity index (χ4v) is 1.73. The normalized spacial score (nSPS) is 12.6. The minimum atomic E-state index is 0.115. The molecule has 3 heteroatoms. The van der Waals surface area contributed by atoms with E-state index in [4.69, 9.17) is 15.2 Å². The van der Waals surface area contributed by atoms with Gasteiger partial charge in [-0.1, -0.05) is 13.8 Å². The molecule has 0 saturated heterocycles. The molecular weight excluding hydrogens is 226 g/mol. The van der Waals surface area contributed by atoms with Crippen LogP contribution in [0.3, 0.4) is 0 Å². The molecule has 0 spiro atoms. The molecule has 0 heterocycles. The summed E-state index contributed by atoms with van der Waals surface area (Å²) >= 11 is 0. The predicted octanol–water partition coefficient (Wildman–Crippen LogP) is 3.01. The second-order valence-corrected chi connectivity index (χ2v) is 5.19. The molecule has 3 nitrogen and oxygen atoms in total. The van der Waals surface area contributed by atoms with E-state index in [9.17, 15) is 0 Å². The van der Waals surface area contributed by atoms with Crippen LogP contribution in [0, 0.1) is 5.92 Å². The summed E-state index contributed by atoms with van der Waals surface area (Å²) in [6.45, 7) is 7.13. The van der Waals surface area contributed by atoms with Gasteiger partial charge >= 0.3 is 0 Å². The molecule has 102 valence electrons. The first-order valence-corrected chi connectivity index (χ1v) is 6.58. The lowest BCUT2D eigenvalue weighted by Crippen LogP contribution is -2.18. The molecular formula is C15H25NO2. The quantitative estimate of drug-likeness (QED) is 0.810. The Bertz CT molecular complexity index is 362. The Labute approximate surface area is 110 Å². The first-order valence-electron chi connectivity index (χ1n) is 6.58. The average molecular weight is 251 g/mol. The Hall–Kier alpha value is -1.22. The summed E-state index contributed by atoms with van der Waals surface area (Å²) in [5.41, 5.74) is 6.98. The van der Waals surface area contributed by atoms with E-state index in [1.165, 1.54) is 0 Å². The highest BCUT2D eigenvalue weighted by Gasteiger charge is 2.08. The lowest BCUT2D eigenvalue weighted by Gasteiger charge is -2.15. The second-order valence-electron chi connectivity index (χ2n) is 5.19. The largest absolute Gasteiger partial charge is 0.497 e. The van der Waals surface area contributed by atoms with E-state index in [0.717, 1.165) is 36.5 Å². The topological polar surface area (TPSA) is 44.5 Å². The van der Waals surface area contributed by atoms with Gasteiger partial charge in [0, 0.05) is 6.04 Å². The monoisotopic (exact) mass is 251 g/mol.